The van der Waals surface area contributed by atoms with E-state index in [2.05, 4.69) is 20.3 Å². The third-order valence-corrected chi connectivity index (χ3v) is 4.48. The third-order valence-electron chi connectivity index (χ3n) is 4.31. The Balaban J connectivity index is 1.72. The van der Waals surface area contributed by atoms with Crippen LogP contribution in [-0.4, -0.2) is 32.2 Å². The average Bonchev–Trinajstić information content (AvgIpc) is 2.87. The van der Waals surface area contributed by atoms with Gasteiger partial charge in [-0.3, -0.25) is 4.57 Å². The van der Waals surface area contributed by atoms with E-state index in [-0.39, 0.29) is 11.5 Å². The SMILES string of the molecule is Clc1nc(NC2CCC2)c2ncn(C3CCCCO3)c2n1. The Kier molecular flexibility index (Phi) is 3.43. The van der Waals surface area contributed by atoms with Crippen LogP contribution in [0, 0.1) is 0 Å². The first-order valence-electron chi connectivity index (χ1n) is 7.59. The molecule has 4 rings (SSSR count). The molecule has 1 aliphatic heterocycles. The summed E-state index contributed by atoms with van der Waals surface area (Å²) in [6.07, 6.45) is 8.68. The lowest BCUT2D eigenvalue weighted by Gasteiger charge is -2.27. The third kappa shape index (κ3) is 2.46. The smallest absolute Gasteiger partial charge is 0.226 e. The molecule has 2 aromatic rings. The van der Waals surface area contributed by atoms with Crippen molar-refractivity contribution < 1.29 is 4.74 Å². The second kappa shape index (κ2) is 5.42. The first-order chi connectivity index (χ1) is 10.3. The Bertz CT molecular complexity index is 648. The molecule has 2 fully saturated rings. The van der Waals surface area contributed by atoms with Crippen LogP contribution < -0.4 is 5.32 Å². The van der Waals surface area contributed by atoms with Crippen molar-refractivity contribution in [3.05, 3.63) is 11.6 Å². The molecule has 6 nitrogen and oxygen atoms in total. The summed E-state index contributed by atoms with van der Waals surface area (Å²) in [7, 11) is 0. The fraction of sp³-hybridized carbons (Fsp3) is 0.643. The zero-order chi connectivity index (χ0) is 14.2. The molecule has 0 radical (unpaired) electrons. The molecule has 2 aromatic heterocycles. The van der Waals surface area contributed by atoms with E-state index in [1.165, 1.54) is 19.3 Å². The number of imidazole rings is 1. The highest BCUT2D eigenvalue weighted by molar-refractivity contribution is 6.28. The lowest BCUT2D eigenvalue weighted by atomic mass is 9.93. The van der Waals surface area contributed by atoms with E-state index < -0.39 is 0 Å². The topological polar surface area (TPSA) is 64.9 Å². The van der Waals surface area contributed by atoms with Crippen molar-refractivity contribution in [3.8, 4) is 0 Å². The van der Waals surface area contributed by atoms with Gasteiger partial charge < -0.3 is 10.1 Å². The number of nitrogens with zero attached hydrogens (tertiary/aromatic N) is 4. The van der Waals surface area contributed by atoms with Gasteiger partial charge in [-0.05, 0) is 50.1 Å². The second-order valence-electron chi connectivity index (χ2n) is 5.76. The fourth-order valence-electron chi connectivity index (χ4n) is 2.89. The predicted molar refractivity (Wildman–Crippen MR) is 80.4 cm³/mol. The van der Waals surface area contributed by atoms with E-state index in [9.17, 15) is 0 Å². The number of hydrogen-bond acceptors (Lipinski definition) is 5. The minimum absolute atomic E-state index is 0.00581. The zero-order valence-electron chi connectivity index (χ0n) is 11.8. The monoisotopic (exact) mass is 307 g/mol. The van der Waals surface area contributed by atoms with Gasteiger partial charge in [-0.1, -0.05) is 0 Å². The van der Waals surface area contributed by atoms with E-state index in [1.807, 2.05) is 4.57 Å². The molecular weight excluding hydrogens is 290 g/mol. The van der Waals surface area contributed by atoms with E-state index in [0.717, 1.165) is 42.9 Å². The molecule has 21 heavy (non-hydrogen) atoms. The summed E-state index contributed by atoms with van der Waals surface area (Å²) < 4.78 is 7.80. The van der Waals surface area contributed by atoms with Gasteiger partial charge in [0.25, 0.3) is 0 Å². The summed E-state index contributed by atoms with van der Waals surface area (Å²) >= 11 is 6.09. The molecule has 0 amide bonds. The van der Waals surface area contributed by atoms with E-state index in [0.29, 0.717) is 6.04 Å². The number of nitrogens with one attached hydrogen (secondary N) is 1. The maximum atomic E-state index is 6.09. The number of rotatable bonds is 3. The van der Waals surface area contributed by atoms with Crippen LogP contribution in [0.1, 0.15) is 44.8 Å². The predicted octanol–water partition coefficient (Wildman–Crippen LogP) is 3.14. The summed E-state index contributed by atoms with van der Waals surface area (Å²) in [4.78, 5) is 13.1. The van der Waals surface area contributed by atoms with Gasteiger partial charge in [-0.15, -0.1) is 0 Å². The van der Waals surface area contributed by atoms with Crippen LogP contribution in [0.2, 0.25) is 5.28 Å². The van der Waals surface area contributed by atoms with Gasteiger partial charge in [-0.25, -0.2) is 4.98 Å². The normalized spacial score (nSPS) is 23.2. The molecule has 3 heterocycles. The highest BCUT2D eigenvalue weighted by atomic mass is 35.5. The number of aromatic nitrogens is 4. The van der Waals surface area contributed by atoms with Gasteiger partial charge >= 0.3 is 0 Å². The first-order valence-corrected chi connectivity index (χ1v) is 7.97. The van der Waals surface area contributed by atoms with Gasteiger partial charge in [0, 0.05) is 12.6 Å². The Labute approximate surface area is 127 Å². The molecule has 0 bridgehead atoms. The van der Waals surface area contributed by atoms with Crippen molar-refractivity contribution in [2.24, 2.45) is 0 Å². The largest absolute Gasteiger partial charge is 0.365 e. The molecule has 1 unspecified atom stereocenters. The van der Waals surface area contributed by atoms with Gasteiger partial charge in [0.15, 0.2) is 17.0 Å². The second-order valence-corrected chi connectivity index (χ2v) is 6.10. The van der Waals surface area contributed by atoms with E-state index >= 15 is 0 Å². The number of fused-ring (bicyclic) bond motifs is 1. The van der Waals surface area contributed by atoms with Crippen LogP contribution in [-0.2, 0) is 4.74 Å². The van der Waals surface area contributed by atoms with Crippen LogP contribution >= 0.6 is 11.6 Å². The Morgan fingerprint density at radius 2 is 2.10 bits per heavy atom. The van der Waals surface area contributed by atoms with Crippen molar-refractivity contribution in [1.82, 2.24) is 19.5 Å². The lowest BCUT2D eigenvalue weighted by molar-refractivity contribution is -0.0298. The molecular formula is C14H18ClN5O. The fourth-order valence-corrected chi connectivity index (χ4v) is 3.05. The van der Waals surface area contributed by atoms with Crippen LogP contribution in [0.15, 0.2) is 6.33 Å². The van der Waals surface area contributed by atoms with Gasteiger partial charge in [0.05, 0.1) is 6.33 Å². The van der Waals surface area contributed by atoms with Gasteiger partial charge in [0.2, 0.25) is 5.28 Å². The van der Waals surface area contributed by atoms with Gasteiger partial charge in [-0.2, -0.15) is 9.97 Å². The molecule has 1 saturated carbocycles. The molecule has 2 aliphatic rings. The molecule has 1 aliphatic carbocycles. The molecule has 1 saturated heterocycles. The van der Waals surface area contributed by atoms with Crippen molar-refractivity contribution in [2.75, 3.05) is 11.9 Å². The summed E-state index contributed by atoms with van der Waals surface area (Å²) in [5, 5.41) is 3.68. The molecule has 1 N–H and O–H groups in total. The number of halogens is 1. The summed E-state index contributed by atoms with van der Waals surface area (Å²) in [6, 6.07) is 0.482. The van der Waals surface area contributed by atoms with E-state index in [4.69, 9.17) is 16.3 Å². The van der Waals surface area contributed by atoms with Gasteiger partial charge in [0.1, 0.15) is 6.23 Å². The molecule has 7 heteroatoms. The van der Waals surface area contributed by atoms with Crippen LogP contribution in [0.4, 0.5) is 5.82 Å². The number of hydrogen-bond donors (Lipinski definition) is 1. The number of ether oxygens (including phenoxy) is 1. The summed E-state index contributed by atoms with van der Waals surface area (Å²) in [5.41, 5.74) is 1.53. The van der Waals surface area contributed by atoms with Crippen molar-refractivity contribution >= 4 is 28.6 Å². The average molecular weight is 308 g/mol. The summed E-state index contributed by atoms with van der Waals surface area (Å²) in [5.74, 6) is 0.740. The Morgan fingerprint density at radius 3 is 2.81 bits per heavy atom. The highest BCUT2D eigenvalue weighted by Gasteiger charge is 2.23. The highest BCUT2D eigenvalue weighted by Crippen LogP contribution is 2.30. The Morgan fingerprint density at radius 1 is 1.19 bits per heavy atom. The zero-order valence-corrected chi connectivity index (χ0v) is 12.5. The lowest BCUT2D eigenvalue weighted by Crippen LogP contribution is -2.27. The Hall–Kier alpha value is -1.40. The maximum absolute atomic E-state index is 6.09. The molecule has 0 spiro atoms. The molecule has 112 valence electrons. The molecule has 0 aromatic carbocycles. The number of anilines is 1. The summed E-state index contributed by atoms with van der Waals surface area (Å²) in [6.45, 7) is 0.788. The van der Waals surface area contributed by atoms with Crippen LogP contribution in [0.25, 0.3) is 11.2 Å². The van der Waals surface area contributed by atoms with Crippen molar-refractivity contribution in [1.29, 1.82) is 0 Å². The van der Waals surface area contributed by atoms with Crippen LogP contribution in [0.3, 0.4) is 0 Å². The van der Waals surface area contributed by atoms with Crippen molar-refractivity contribution in [2.45, 2.75) is 50.8 Å². The van der Waals surface area contributed by atoms with Crippen molar-refractivity contribution in [3.63, 3.8) is 0 Å². The molecule has 1 atom stereocenters. The minimum Gasteiger partial charge on any atom is -0.365 e. The maximum Gasteiger partial charge on any atom is 0.226 e. The van der Waals surface area contributed by atoms with Crippen LogP contribution in [0.5, 0.6) is 0 Å². The quantitative estimate of drug-likeness (QED) is 0.882. The van der Waals surface area contributed by atoms with E-state index in [1.54, 1.807) is 6.33 Å². The standard InChI is InChI=1S/C14H18ClN5O/c15-14-18-12(17-9-4-3-5-9)11-13(19-14)20(8-16-11)10-6-1-2-7-21-10/h8-10H,1-7H2,(H,17,18,19). The minimum atomic E-state index is 0.00581. The first kappa shape index (κ1) is 13.3.